The van der Waals surface area contributed by atoms with Crippen LogP contribution in [-0.4, -0.2) is 42.3 Å². The second-order valence-corrected chi connectivity index (χ2v) is 9.14. The second kappa shape index (κ2) is 10.3. The van der Waals surface area contributed by atoms with Gasteiger partial charge in [0, 0.05) is 12.1 Å². The third-order valence-corrected chi connectivity index (χ3v) is 7.23. The molecular weight excluding hydrogens is 436 g/mol. The van der Waals surface area contributed by atoms with E-state index >= 15 is 0 Å². The van der Waals surface area contributed by atoms with Crippen molar-refractivity contribution in [2.45, 2.75) is 32.7 Å². The predicted molar refractivity (Wildman–Crippen MR) is 130 cm³/mol. The maximum Gasteiger partial charge on any atom is 0.251 e. The molecule has 33 heavy (non-hydrogen) atoms. The number of amides is 3. The molecule has 2 N–H and O–H groups in total. The van der Waals surface area contributed by atoms with Crippen molar-refractivity contribution in [3.8, 4) is 0 Å². The number of hydrazine groups is 1. The molecule has 0 spiro atoms. The standard InChI is InChI=1S/C25H30N4O3S/c1-3-28(4-2)22(18-12-13-33-16-18)15-26-23(30)17-8-7-9-19(14-17)29-25(32)21-11-6-5-10-20(21)24(31)27-29/h5-9,12-14,16,20-22H,3-4,10-11,15H2,1-2H3,(H,26,30)(H,27,31). The summed E-state index contributed by atoms with van der Waals surface area (Å²) in [5, 5.41) is 8.52. The molecule has 3 atom stereocenters. The summed E-state index contributed by atoms with van der Waals surface area (Å²) >= 11 is 1.65. The molecule has 0 radical (unpaired) electrons. The molecule has 1 aliphatic carbocycles. The van der Waals surface area contributed by atoms with E-state index in [9.17, 15) is 14.4 Å². The molecule has 174 valence electrons. The normalized spacial score (nSPS) is 21.0. The minimum absolute atomic E-state index is 0.0950. The molecular formula is C25H30N4O3S. The van der Waals surface area contributed by atoms with Crippen molar-refractivity contribution in [3.05, 3.63) is 64.4 Å². The SMILES string of the molecule is CCN(CC)C(CNC(=O)c1cccc(N2NC(=O)C3CC=CCC3C2=O)c1)c1ccsc1. The number of hydrogen-bond donors (Lipinski definition) is 2. The molecule has 1 fully saturated rings. The molecule has 1 saturated heterocycles. The Hall–Kier alpha value is -2.97. The van der Waals surface area contributed by atoms with Crippen molar-refractivity contribution in [2.24, 2.45) is 11.8 Å². The molecule has 2 heterocycles. The summed E-state index contributed by atoms with van der Waals surface area (Å²) in [5.74, 6) is -1.18. The molecule has 8 heteroatoms. The largest absolute Gasteiger partial charge is 0.350 e. The summed E-state index contributed by atoms with van der Waals surface area (Å²) in [7, 11) is 0. The van der Waals surface area contributed by atoms with Gasteiger partial charge >= 0.3 is 0 Å². The minimum Gasteiger partial charge on any atom is -0.350 e. The molecule has 3 amide bonds. The van der Waals surface area contributed by atoms with Gasteiger partial charge in [0.1, 0.15) is 0 Å². The molecule has 1 aromatic heterocycles. The highest BCUT2D eigenvalue weighted by atomic mass is 32.1. The van der Waals surface area contributed by atoms with Crippen LogP contribution in [0.15, 0.2) is 53.2 Å². The van der Waals surface area contributed by atoms with Gasteiger partial charge in [-0.05, 0) is 66.5 Å². The quantitative estimate of drug-likeness (QED) is 0.584. The van der Waals surface area contributed by atoms with Crippen LogP contribution in [-0.2, 0) is 9.59 Å². The van der Waals surface area contributed by atoms with Crippen LogP contribution in [0.5, 0.6) is 0 Å². The van der Waals surface area contributed by atoms with Crippen LogP contribution in [0.3, 0.4) is 0 Å². The number of nitrogens with one attached hydrogen (secondary N) is 2. The highest BCUT2D eigenvalue weighted by Gasteiger charge is 2.42. The number of likely N-dealkylation sites (N-methyl/N-ethyl adjacent to an activating group) is 1. The highest BCUT2D eigenvalue weighted by molar-refractivity contribution is 7.08. The first-order valence-electron chi connectivity index (χ1n) is 11.5. The minimum atomic E-state index is -0.360. The lowest BCUT2D eigenvalue weighted by molar-refractivity contribution is -0.139. The lowest BCUT2D eigenvalue weighted by Gasteiger charge is -2.38. The van der Waals surface area contributed by atoms with Gasteiger partial charge in [-0.15, -0.1) is 0 Å². The molecule has 1 aliphatic heterocycles. The molecule has 0 saturated carbocycles. The number of anilines is 1. The number of benzene rings is 1. The summed E-state index contributed by atoms with van der Waals surface area (Å²) in [5.41, 5.74) is 4.85. The average molecular weight is 467 g/mol. The number of thiophene rings is 1. The molecule has 3 unspecified atom stereocenters. The molecule has 0 bridgehead atoms. The fourth-order valence-corrected chi connectivity index (χ4v) is 5.35. The number of carbonyl (C=O) groups is 3. The topological polar surface area (TPSA) is 81.8 Å². The van der Waals surface area contributed by atoms with Gasteiger partial charge in [0.25, 0.3) is 5.91 Å². The molecule has 1 aromatic carbocycles. The number of hydrogen-bond acceptors (Lipinski definition) is 5. The van der Waals surface area contributed by atoms with E-state index in [4.69, 9.17) is 0 Å². The first-order valence-corrected chi connectivity index (χ1v) is 12.4. The Labute approximate surface area is 198 Å². The number of fused-ring (bicyclic) bond motifs is 1. The zero-order valence-corrected chi connectivity index (χ0v) is 19.8. The van der Waals surface area contributed by atoms with Crippen LogP contribution in [0, 0.1) is 11.8 Å². The maximum absolute atomic E-state index is 13.0. The zero-order valence-electron chi connectivity index (χ0n) is 19.0. The number of allylic oxidation sites excluding steroid dienone is 2. The van der Waals surface area contributed by atoms with Crippen LogP contribution in [0.4, 0.5) is 5.69 Å². The predicted octanol–water partition coefficient (Wildman–Crippen LogP) is 3.52. The summed E-state index contributed by atoms with van der Waals surface area (Å²) in [6, 6.07) is 9.04. The molecule has 2 aliphatic rings. The summed E-state index contributed by atoms with van der Waals surface area (Å²) in [6.07, 6.45) is 5.05. The van der Waals surface area contributed by atoms with E-state index in [0.29, 0.717) is 30.6 Å². The zero-order chi connectivity index (χ0) is 23.4. The van der Waals surface area contributed by atoms with Gasteiger partial charge in [0.15, 0.2) is 0 Å². The van der Waals surface area contributed by atoms with Crippen molar-refractivity contribution in [2.75, 3.05) is 24.6 Å². The Balaban J connectivity index is 1.48. The van der Waals surface area contributed by atoms with E-state index in [2.05, 4.69) is 40.9 Å². The molecule has 7 nitrogen and oxygen atoms in total. The summed E-state index contributed by atoms with van der Waals surface area (Å²) < 4.78 is 0. The first kappa shape index (κ1) is 23.2. The van der Waals surface area contributed by atoms with Crippen molar-refractivity contribution in [3.63, 3.8) is 0 Å². The Morgan fingerprint density at radius 1 is 1.18 bits per heavy atom. The maximum atomic E-state index is 13.0. The van der Waals surface area contributed by atoms with E-state index in [-0.39, 0.29) is 35.6 Å². The van der Waals surface area contributed by atoms with E-state index in [1.54, 1.807) is 35.6 Å². The number of nitrogens with zero attached hydrogens (tertiary/aromatic N) is 2. The van der Waals surface area contributed by atoms with E-state index in [1.165, 1.54) is 10.6 Å². The lowest BCUT2D eigenvalue weighted by Crippen LogP contribution is -2.59. The van der Waals surface area contributed by atoms with Crippen LogP contribution >= 0.6 is 11.3 Å². The van der Waals surface area contributed by atoms with Gasteiger partial charge in [-0.25, -0.2) is 5.01 Å². The average Bonchev–Trinajstić information content (AvgIpc) is 3.38. The van der Waals surface area contributed by atoms with Gasteiger partial charge in [0.05, 0.1) is 23.6 Å². The van der Waals surface area contributed by atoms with Crippen molar-refractivity contribution < 1.29 is 14.4 Å². The van der Waals surface area contributed by atoms with Gasteiger partial charge in [0.2, 0.25) is 11.8 Å². The van der Waals surface area contributed by atoms with Crippen molar-refractivity contribution in [1.29, 1.82) is 0 Å². The fourth-order valence-electron chi connectivity index (χ4n) is 4.65. The number of rotatable bonds is 8. The Bertz CT molecular complexity index is 1030. The smallest absolute Gasteiger partial charge is 0.251 e. The van der Waals surface area contributed by atoms with E-state index < -0.39 is 0 Å². The summed E-state index contributed by atoms with van der Waals surface area (Å²) in [6.45, 7) is 6.49. The first-order chi connectivity index (χ1) is 16.0. The Morgan fingerprint density at radius 3 is 2.64 bits per heavy atom. The third-order valence-electron chi connectivity index (χ3n) is 6.53. The highest BCUT2D eigenvalue weighted by Crippen LogP contribution is 2.32. The Kier molecular flexibility index (Phi) is 7.25. The van der Waals surface area contributed by atoms with Gasteiger partial charge in [-0.3, -0.25) is 24.7 Å². The monoisotopic (exact) mass is 466 g/mol. The van der Waals surface area contributed by atoms with Crippen LogP contribution in [0.2, 0.25) is 0 Å². The molecule has 4 rings (SSSR count). The van der Waals surface area contributed by atoms with Gasteiger partial charge in [-0.1, -0.05) is 32.1 Å². The summed E-state index contributed by atoms with van der Waals surface area (Å²) in [4.78, 5) is 40.9. The lowest BCUT2D eigenvalue weighted by atomic mass is 9.80. The van der Waals surface area contributed by atoms with Crippen LogP contribution in [0.25, 0.3) is 0 Å². The Morgan fingerprint density at radius 2 is 1.94 bits per heavy atom. The van der Waals surface area contributed by atoms with Crippen LogP contribution in [0.1, 0.15) is 48.7 Å². The van der Waals surface area contributed by atoms with Gasteiger partial charge < -0.3 is 5.32 Å². The number of carbonyl (C=O) groups excluding carboxylic acids is 3. The second-order valence-electron chi connectivity index (χ2n) is 8.36. The van der Waals surface area contributed by atoms with E-state index in [0.717, 1.165) is 13.1 Å². The van der Waals surface area contributed by atoms with Crippen molar-refractivity contribution in [1.82, 2.24) is 15.6 Å². The van der Waals surface area contributed by atoms with Gasteiger partial charge in [-0.2, -0.15) is 11.3 Å². The van der Waals surface area contributed by atoms with Crippen molar-refractivity contribution >= 4 is 34.7 Å². The van der Waals surface area contributed by atoms with E-state index in [1.807, 2.05) is 17.5 Å². The van der Waals surface area contributed by atoms with Crippen LogP contribution < -0.4 is 15.8 Å². The fraction of sp³-hybridized carbons (Fsp3) is 0.400. The third kappa shape index (κ3) is 4.86. The molecule has 2 aromatic rings.